The number of rotatable bonds is 4. The van der Waals surface area contributed by atoms with E-state index in [1.807, 2.05) is 0 Å². The van der Waals surface area contributed by atoms with Crippen molar-refractivity contribution in [1.82, 2.24) is 5.32 Å². The van der Waals surface area contributed by atoms with Crippen LogP contribution in [0.25, 0.3) is 0 Å². The molecule has 1 aliphatic rings. The molecule has 108 valence electrons. The molecule has 0 bridgehead atoms. The summed E-state index contributed by atoms with van der Waals surface area (Å²) in [5.74, 6) is -0.289. The van der Waals surface area contributed by atoms with Gasteiger partial charge in [-0.15, -0.1) is 0 Å². The van der Waals surface area contributed by atoms with Crippen LogP contribution in [0.15, 0.2) is 18.2 Å². The molecule has 6 heteroatoms. The van der Waals surface area contributed by atoms with E-state index in [2.05, 4.69) is 5.32 Å². The number of hydrogen-bond donors (Lipinski definition) is 1. The summed E-state index contributed by atoms with van der Waals surface area (Å²) in [5, 5.41) is 13.9. The van der Waals surface area contributed by atoms with Crippen LogP contribution in [-0.4, -0.2) is 24.0 Å². The molecule has 0 radical (unpaired) electrons. The largest absolute Gasteiger partial charge is 0.490 e. The normalized spacial score (nSPS) is 15.7. The van der Waals surface area contributed by atoms with Crippen LogP contribution in [-0.2, 0) is 0 Å². The van der Waals surface area contributed by atoms with Crippen molar-refractivity contribution in [3.63, 3.8) is 0 Å². The van der Waals surface area contributed by atoms with Gasteiger partial charge in [0.1, 0.15) is 0 Å². The van der Waals surface area contributed by atoms with Crippen molar-refractivity contribution in [3.8, 4) is 5.75 Å². The number of nitro groups is 1. The van der Waals surface area contributed by atoms with E-state index in [0.29, 0.717) is 0 Å². The average molecular weight is 278 g/mol. The molecule has 1 aromatic rings. The predicted octanol–water partition coefficient (Wildman–Crippen LogP) is 2.67. The van der Waals surface area contributed by atoms with Crippen molar-refractivity contribution in [3.05, 3.63) is 33.9 Å². The second-order valence-corrected chi connectivity index (χ2v) is 4.92. The molecule has 0 unspecified atom stereocenters. The fourth-order valence-corrected chi connectivity index (χ4v) is 2.57. The monoisotopic (exact) mass is 278 g/mol. The van der Waals surface area contributed by atoms with Gasteiger partial charge in [0.25, 0.3) is 5.91 Å². The number of carbonyl (C=O) groups excluding carboxylic acids is 1. The van der Waals surface area contributed by atoms with Gasteiger partial charge in [-0.2, -0.15) is 0 Å². The van der Waals surface area contributed by atoms with Gasteiger partial charge in [-0.3, -0.25) is 14.9 Å². The highest BCUT2D eigenvalue weighted by Gasteiger charge is 2.24. The Kier molecular flexibility index (Phi) is 4.55. The van der Waals surface area contributed by atoms with Crippen molar-refractivity contribution in [2.24, 2.45) is 0 Å². The molecule has 1 saturated carbocycles. The summed E-state index contributed by atoms with van der Waals surface area (Å²) in [6.07, 6.45) is 5.34. The van der Waals surface area contributed by atoms with Crippen LogP contribution in [0.3, 0.4) is 0 Å². The molecule has 1 aromatic carbocycles. The summed E-state index contributed by atoms with van der Waals surface area (Å²) in [6, 6.07) is 4.52. The molecule has 6 nitrogen and oxygen atoms in total. The SMILES string of the molecule is COc1c(C(=O)NC2CCCCC2)cccc1[N+](=O)[O-]. The van der Waals surface area contributed by atoms with E-state index in [1.54, 1.807) is 6.07 Å². The van der Waals surface area contributed by atoms with E-state index in [1.165, 1.54) is 25.7 Å². The van der Waals surface area contributed by atoms with Crippen molar-refractivity contribution < 1.29 is 14.5 Å². The van der Waals surface area contributed by atoms with Gasteiger partial charge in [0.15, 0.2) is 0 Å². The first-order valence-corrected chi connectivity index (χ1v) is 6.75. The fourth-order valence-electron chi connectivity index (χ4n) is 2.57. The molecule has 0 spiro atoms. The van der Waals surface area contributed by atoms with Gasteiger partial charge >= 0.3 is 5.69 Å². The van der Waals surface area contributed by atoms with Gasteiger partial charge < -0.3 is 10.1 Å². The molecule has 0 heterocycles. The van der Waals surface area contributed by atoms with Gasteiger partial charge in [-0.1, -0.05) is 25.3 Å². The smallest absolute Gasteiger partial charge is 0.311 e. The Bertz CT molecular complexity index is 510. The van der Waals surface area contributed by atoms with E-state index >= 15 is 0 Å². The van der Waals surface area contributed by atoms with Gasteiger partial charge in [0.2, 0.25) is 5.75 Å². The lowest BCUT2D eigenvalue weighted by molar-refractivity contribution is -0.385. The fraction of sp³-hybridized carbons (Fsp3) is 0.500. The number of amides is 1. The summed E-state index contributed by atoms with van der Waals surface area (Å²) >= 11 is 0. The third-order valence-electron chi connectivity index (χ3n) is 3.58. The van der Waals surface area contributed by atoms with Gasteiger partial charge in [0.05, 0.1) is 17.6 Å². The second kappa shape index (κ2) is 6.36. The summed E-state index contributed by atoms with van der Waals surface area (Å²) in [6.45, 7) is 0. The Balaban J connectivity index is 2.20. The molecule has 1 N–H and O–H groups in total. The number of ether oxygens (including phenoxy) is 1. The molecule has 1 aliphatic carbocycles. The average Bonchev–Trinajstić information content (AvgIpc) is 2.47. The molecule has 0 aromatic heterocycles. The maximum absolute atomic E-state index is 12.3. The van der Waals surface area contributed by atoms with E-state index in [9.17, 15) is 14.9 Å². The van der Waals surface area contributed by atoms with Crippen LogP contribution in [0.1, 0.15) is 42.5 Å². The molecule has 20 heavy (non-hydrogen) atoms. The maximum atomic E-state index is 12.3. The number of hydrogen-bond acceptors (Lipinski definition) is 4. The Hall–Kier alpha value is -2.11. The van der Waals surface area contributed by atoms with Crippen molar-refractivity contribution in [2.45, 2.75) is 38.1 Å². The third kappa shape index (κ3) is 3.07. The summed E-state index contributed by atoms with van der Waals surface area (Å²) in [5.41, 5.74) is 0.0241. The Morgan fingerprint density at radius 1 is 1.35 bits per heavy atom. The number of benzene rings is 1. The topological polar surface area (TPSA) is 81.5 Å². The molecule has 0 saturated heterocycles. The van der Waals surface area contributed by atoms with E-state index < -0.39 is 4.92 Å². The minimum absolute atomic E-state index is 0.0193. The van der Waals surface area contributed by atoms with Gasteiger partial charge in [-0.05, 0) is 18.9 Å². The van der Waals surface area contributed by atoms with Crippen LogP contribution in [0, 0.1) is 10.1 Å². The van der Waals surface area contributed by atoms with Crippen LogP contribution in [0.2, 0.25) is 0 Å². The number of carbonyl (C=O) groups is 1. The summed E-state index contributed by atoms with van der Waals surface area (Å²) in [7, 11) is 1.33. The Morgan fingerprint density at radius 3 is 2.65 bits per heavy atom. The number of methoxy groups -OCH3 is 1. The van der Waals surface area contributed by atoms with Crippen molar-refractivity contribution >= 4 is 11.6 Å². The highest BCUT2D eigenvalue weighted by Crippen LogP contribution is 2.30. The highest BCUT2D eigenvalue weighted by molar-refractivity contribution is 5.98. The quantitative estimate of drug-likeness (QED) is 0.678. The molecule has 0 aliphatic heterocycles. The second-order valence-electron chi connectivity index (χ2n) is 4.92. The summed E-state index contributed by atoms with van der Waals surface area (Å²) < 4.78 is 5.05. The molecular formula is C14H18N2O4. The summed E-state index contributed by atoms with van der Waals surface area (Å²) in [4.78, 5) is 22.6. The van der Waals surface area contributed by atoms with Crippen LogP contribution >= 0.6 is 0 Å². The van der Waals surface area contributed by atoms with Crippen molar-refractivity contribution in [1.29, 1.82) is 0 Å². The lowest BCUT2D eigenvalue weighted by Crippen LogP contribution is -2.36. The molecule has 1 amide bonds. The maximum Gasteiger partial charge on any atom is 0.311 e. The zero-order valence-electron chi connectivity index (χ0n) is 11.4. The number of nitrogens with zero attached hydrogens (tertiary/aromatic N) is 1. The lowest BCUT2D eigenvalue weighted by atomic mass is 9.95. The molecule has 2 rings (SSSR count). The van der Waals surface area contributed by atoms with Crippen LogP contribution in [0.5, 0.6) is 5.75 Å². The van der Waals surface area contributed by atoms with Gasteiger partial charge in [-0.25, -0.2) is 0 Å². The zero-order chi connectivity index (χ0) is 14.5. The first kappa shape index (κ1) is 14.3. The highest BCUT2D eigenvalue weighted by atomic mass is 16.6. The van der Waals surface area contributed by atoms with E-state index in [4.69, 9.17) is 4.74 Å². The predicted molar refractivity (Wildman–Crippen MR) is 74.0 cm³/mol. The number of para-hydroxylation sites is 1. The minimum atomic E-state index is -0.545. The number of nitrogens with one attached hydrogen (secondary N) is 1. The molecular weight excluding hydrogens is 260 g/mol. The third-order valence-corrected chi connectivity index (χ3v) is 3.58. The Labute approximate surface area is 117 Å². The van der Waals surface area contributed by atoms with Crippen molar-refractivity contribution in [2.75, 3.05) is 7.11 Å². The van der Waals surface area contributed by atoms with Crippen LogP contribution in [0.4, 0.5) is 5.69 Å². The first-order valence-electron chi connectivity index (χ1n) is 6.75. The lowest BCUT2D eigenvalue weighted by Gasteiger charge is -2.23. The van der Waals surface area contributed by atoms with Crippen LogP contribution < -0.4 is 10.1 Å². The van der Waals surface area contributed by atoms with E-state index in [0.717, 1.165) is 25.7 Å². The van der Waals surface area contributed by atoms with E-state index in [-0.39, 0.29) is 28.9 Å². The Morgan fingerprint density at radius 2 is 2.05 bits per heavy atom. The van der Waals surface area contributed by atoms with Gasteiger partial charge in [0, 0.05) is 12.1 Å². The standard InChI is InChI=1S/C14H18N2O4/c1-20-13-11(8-5-9-12(13)16(18)19)14(17)15-10-6-3-2-4-7-10/h5,8-10H,2-4,6-7H2,1H3,(H,15,17). The molecule has 1 fully saturated rings. The molecule has 0 atom stereocenters. The first-order chi connectivity index (χ1) is 9.63. The minimum Gasteiger partial charge on any atom is -0.490 e. The zero-order valence-corrected chi connectivity index (χ0v) is 11.4. The number of nitro benzene ring substituents is 1.